The van der Waals surface area contributed by atoms with Gasteiger partial charge in [-0.25, -0.2) is 9.59 Å². The molecule has 372 valence electrons. The molecule has 14 N–H and O–H groups in total. The Bertz CT molecular complexity index is 1950. The van der Waals surface area contributed by atoms with Crippen molar-refractivity contribution in [2.24, 2.45) is 11.5 Å². The highest BCUT2D eigenvalue weighted by Crippen LogP contribution is 2.25. The van der Waals surface area contributed by atoms with Crippen molar-refractivity contribution in [1.82, 2.24) is 31.9 Å². The second-order valence-corrected chi connectivity index (χ2v) is 18.7. The van der Waals surface area contributed by atoms with Crippen LogP contribution in [0.5, 0.6) is 0 Å². The lowest BCUT2D eigenvalue weighted by molar-refractivity contribution is -0.144. The maximum atomic E-state index is 13.5. The summed E-state index contributed by atoms with van der Waals surface area (Å²) in [6, 6.07) is -2.02. The summed E-state index contributed by atoms with van der Waals surface area (Å²) in [7, 11) is 6.01. The van der Waals surface area contributed by atoms with Crippen LogP contribution in [0.4, 0.5) is 0 Å². The number of methoxy groups -OCH3 is 2. The lowest BCUT2D eigenvalue weighted by atomic mass is 10.0. The number of carboxylic acids is 4. The summed E-state index contributed by atoms with van der Waals surface area (Å²) in [5.74, 6) is -12.5. The lowest BCUT2D eigenvalue weighted by Gasteiger charge is -2.20. The molecule has 0 bridgehead atoms. The number of rotatable bonds is 33. The molecule has 1 aromatic rings. The van der Waals surface area contributed by atoms with E-state index in [4.69, 9.17) is 41.4 Å². The molecule has 1 aromatic carbocycles. The van der Waals surface area contributed by atoms with E-state index in [1.165, 1.54) is 24.3 Å². The molecule has 67 heavy (non-hydrogen) atoms. The van der Waals surface area contributed by atoms with Crippen LogP contribution in [0.2, 0.25) is 0 Å². The Kier molecular flexibility index (Phi) is 28.3. The van der Waals surface area contributed by atoms with Crippen LogP contribution in [-0.2, 0) is 68.6 Å². The van der Waals surface area contributed by atoms with Crippen molar-refractivity contribution in [2.45, 2.75) is 68.4 Å². The number of nitrogens with one attached hydrogen (secondary N) is 6. The quantitative estimate of drug-likeness (QED) is 0.0186. The van der Waals surface area contributed by atoms with E-state index in [-0.39, 0.29) is 59.8 Å². The Labute approximate surface area is 397 Å². The van der Waals surface area contributed by atoms with Crippen molar-refractivity contribution in [1.29, 1.82) is 0 Å². The maximum Gasteiger partial charge on any atom is 0.329 e. The van der Waals surface area contributed by atoms with Gasteiger partial charge in [0.15, 0.2) is 0 Å². The standard InChI is InChI=1S/C37H52N8O18S4/c1-62-36(60)24(16-66-64-14-22(32(54)40-12-29(49)50)42-26(46)9-7-20(38)34(56)57)44-28(48)11-18-5-3-4-6-19(18)31(53)45-25(37(61)63-2)17-67-65-15-23(33(55)41-13-30(51)52)43-27(47)10-8-21(39)35(58)59/h3-6,20-25H,7-17,38-39H2,1-2H3,(H,40,54)(H,41,55)(H,42,46)(H,43,47)(H,44,48)(H,45,53)(H,49,50)(H,51,52)(H,56,57)(H,58,59)/t20-,21-,22+,23+,24?,25?/m1/s1. The van der Waals surface area contributed by atoms with Gasteiger partial charge < -0.3 is 73.3 Å². The summed E-state index contributed by atoms with van der Waals surface area (Å²) in [6.45, 7) is -1.52. The monoisotopic (exact) mass is 1020 g/mol. The van der Waals surface area contributed by atoms with Crippen LogP contribution in [0.3, 0.4) is 0 Å². The molecule has 6 amide bonds. The number of hydrogen-bond donors (Lipinski definition) is 12. The number of aliphatic carboxylic acids is 4. The Morgan fingerprint density at radius 2 is 0.925 bits per heavy atom. The summed E-state index contributed by atoms with van der Waals surface area (Å²) in [6.07, 6.45) is -1.67. The number of carbonyl (C=O) groups excluding carboxylic acids is 8. The van der Waals surface area contributed by atoms with E-state index in [0.29, 0.717) is 0 Å². The van der Waals surface area contributed by atoms with Gasteiger partial charge in [-0.15, -0.1) is 0 Å². The predicted octanol–water partition coefficient (Wildman–Crippen LogP) is -3.32. The van der Waals surface area contributed by atoms with Crippen molar-refractivity contribution >= 4 is 114 Å². The number of nitrogens with two attached hydrogens (primary N) is 2. The number of ether oxygens (including phenoxy) is 2. The first kappa shape index (κ1) is 59.2. The molecule has 1 rings (SSSR count). The van der Waals surface area contributed by atoms with Crippen LogP contribution in [0.1, 0.15) is 41.6 Å². The number of amides is 6. The molecule has 0 saturated carbocycles. The zero-order valence-electron chi connectivity index (χ0n) is 35.8. The van der Waals surface area contributed by atoms with Crippen LogP contribution in [-0.4, -0.2) is 178 Å². The number of hydrogen-bond acceptors (Lipinski definition) is 20. The molecule has 26 nitrogen and oxygen atoms in total. The van der Waals surface area contributed by atoms with Crippen LogP contribution >= 0.6 is 43.2 Å². The molecule has 0 aliphatic carbocycles. The van der Waals surface area contributed by atoms with Gasteiger partial charge in [0.1, 0.15) is 49.3 Å². The first-order chi connectivity index (χ1) is 31.6. The van der Waals surface area contributed by atoms with Gasteiger partial charge in [-0.2, -0.15) is 0 Å². The van der Waals surface area contributed by atoms with Crippen molar-refractivity contribution in [3.8, 4) is 0 Å². The highest BCUT2D eigenvalue weighted by atomic mass is 33.1. The highest BCUT2D eigenvalue weighted by molar-refractivity contribution is 8.77. The van der Waals surface area contributed by atoms with Crippen LogP contribution in [0.25, 0.3) is 0 Å². The average molecular weight is 1030 g/mol. The third kappa shape index (κ3) is 24.5. The molecule has 0 spiro atoms. The fourth-order valence-electron chi connectivity index (χ4n) is 4.93. The fraction of sp³-hybridized carbons (Fsp3) is 0.514. The third-order valence-corrected chi connectivity index (χ3v) is 13.3. The Balaban J connectivity index is 2.99. The normalized spacial score (nSPS) is 13.4. The zero-order chi connectivity index (χ0) is 50.6. The second-order valence-electron chi connectivity index (χ2n) is 13.6. The van der Waals surface area contributed by atoms with Gasteiger partial charge >= 0.3 is 35.8 Å². The van der Waals surface area contributed by atoms with Crippen LogP contribution < -0.4 is 43.4 Å². The van der Waals surface area contributed by atoms with E-state index in [0.717, 1.165) is 57.4 Å². The molecule has 2 unspecified atom stereocenters. The fourth-order valence-corrected chi connectivity index (χ4v) is 9.55. The molecule has 0 fully saturated rings. The summed E-state index contributed by atoms with van der Waals surface area (Å²) >= 11 is 0. The van der Waals surface area contributed by atoms with Crippen molar-refractivity contribution in [2.75, 3.05) is 50.3 Å². The van der Waals surface area contributed by atoms with E-state index in [1.54, 1.807) is 0 Å². The van der Waals surface area contributed by atoms with Crippen molar-refractivity contribution in [3.05, 3.63) is 35.4 Å². The molecule has 0 aliphatic heterocycles. The lowest BCUT2D eigenvalue weighted by Crippen LogP contribution is -2.49. The highest BCUT2D eigenvalue weighted by Gasteiger charge is 2.29. The smallest absolute Gasteiger partial charge is 0.329 e. The zero-order valence-corrected chi connectivity index (χ0v) is 39.1. The summed E-state index contributed by atoms with van der Waals surface area (Å²) in [5.41, 5.74) is 11.0. The van der Waals surface area contributed by atoms with E-state index in [1.807, 2.05) is 0 Å². The number of carboxylic acid groups (broad SMARTS) is 4. The summed E-state index contributed by atoms with van der Waals surface area (Å²) < 4.78 is 9.65. The molecular weight excluding hydrogens is 973 g/mol. The number of benzene rings is 1. The largest absolute Gasteiger partial charge is 0.480 e. The molecule has 0 aliphatic rings. The number of carbonyl (C=O) groups is 12. The van der Waals surface area contributed by atoms with E-state index >= 15 is 0 Å². The minimum Gasteiger partial charge on any atom is -0.480 e. The first-order valence-corrected chi connectivity index (χ1v) is 24.4. The van der Waals surface area contributed by atoms with Gasteiger partial charge in [-0.05, 0) is 24.5 Å². The molecule has 6 atom stereocenters. The first-order valence-electron chi connectivity index (χ1n) is 19.5. The van der Waals surface area contributed by atoms with Gasteiger partial charge in [0.2, 0.25) is 29.5 Å². The third-order valence-electron chi connectivity index (χ3n) is 8.46. The van der Waals surface area contributed by atoms with Gasteiger partial charge in [0.05, 0.1) is 20.6 Å². The van der Waals surface area contributed by atoms with Gasteiger partial charge in [0, 0.05) is 41.4 Å². The minimum atomic E-state index is -1.36. The van der Waals surface area contributed by atoms with Crippen LogP contribution in [0, 0.1) is 0 Å². The van der Waals surface area contributed by atoms with E-state index in [9.17, 15) is 57.5 Å². The predicted molar refractivity (Wildman–Crippen MR) is 242 cm³/mol. The van der Waals surface area contributed by atoms with Gasteiger partial charge in [-0.1, -0.05) is 61.4 Å². The molecule has 0 aromatic heterocycles. The van der Waals surface area contributed by atoms with Gasteiger partial charge in [-0.3, -0.25) is 47.9 Å². The molecule has 30 heteroatoms. The van der Waals surface area contributed by atoms with Gasteiger partial charge in [0.25, 0.3) is 5.91 Å². The minimum absolute atomic E-state index is 0.0385. The number of esters is 2. The molecular formula is C37H52N8O18S4. The van der Waals surface area contributed by atoms with E-state index in [2.05, 4.69) is 31.9 Å². The van der Waals surface area contributed by atoms with E-state index < -0.39 is 127 Å². The van der Waals surface area contributed by atoms with Crippen LogP contribution in [0.15, 0.2) is 24.3 Å². The Morgan fingerprint density at radius 1 is 0.552 bits per heavy atom. The van der Waals surface area contributed by atoms with Crippen molar-refractivity contribution < 1.29 is 87.4 Å². The van der Waals surface area contributed by atoms with Crippen molar-refractivity contribution in [3.63, 3.8) is 0 Å². The molecule has 0 heterocycles. The Hall–Kier alpha value is -5.82. The summed E-state index contributed by atoms with van der Waals surface area (Å²) in [5, 5.41) is 49.9. The molecule has 0 saturated heterocycles. The maximum absolute atomic E-state index is 13.5. The average Bonchev–Trinajstić information content (AvgIpc) is 3.28. The second kappa shape index (κ2) is 32.0. The summed E-state index contributed by atoms with van der Waals surface area (Å²) in [4.78, 5) is 146. The SMILES string of the molecule is COC(=O)C(CSSC[C@H](NC(=O)CC[C@@H](N)C(=O)O)C(=O)NCC(=O)O)NC(=O)Cc1ccccc1C(=O)NC(CSSC[C@H](NC(=O)CC[C@@H](N)C(=O)O)C(=O)NCC(=O)O)C(=O)OC. The Morgan fingerprint density at radius 3 is 1.31 bits per heavy atom. The molecule has 0 radical (unpaired) electrons. The topological polar surface area (TPSA) is 428 Å².